The molecular formula is C8H15N3OS. The first kappa shape index (κ1) is 10.4. The van der Waals surface area contributed by atoms with Gasteiger partial charge in [0.25, 0.3) is 0 Å². The van der Waals surface area contributed by atoms with Crippen LogP contribution in [0.4, 0.5) is 5.13 Å². The summed E-state index contributed by atoms with van der Waals surface area (Å²) in [5, 5.41) is 20.4. The Morgan fingerprint density at radius 2 is 2.38 bits per heavy atom. The van der Waals surface area contributed by atoms with Crippen LogP contribution in [0.2, 0.25) is 0 Å². The summed E-state index contributed by atoms with van der Waals surface area (Å²) in [6.07, 6.45) is 0.790. The summed E-state index contributed by atoms with van der Waals surface area (Å²) < 4.78 is 0. The lowest BCUT2D eigenvalue weighted by Gasteiger charge is -2.23. The van der Waals surface area contributed by atoms with Crippen molar-refractivity contribution in [3.05, 3.63) is 5.51 Å². The minimum Gasteiger partial charge on any atom is -0.396 e. The molecule has 1 aromatic heterocycles. The Kier molecular flexibility index (Phi) is 3.62. The van der Waals surface area contributed by atoms with Gasteiger partial charge in [-0.3, -0.25) is 0 Å². The van der Waals surface area contributed by atoms with E-state index in [1.165, 1.54) is 11.3 Å². The summed E-state index contributed by atoms with van der Waals surface area (Å²) in [4.78, 5) is 0. The molecule has 0 aromatic carbocycles. The number of hydrogen-bond acceptors (Lipinski definition) is 5. The second-order valence-electron chi connectivity index (χ2n) is 3.74. The summed E-state index contributed by atoms with van der Waals surface area (Å²) in [5.74, 6) is 0. The van der Waals surface area contributed by atoms with Crippen molar-refractivity contribution >= 4 is 16.5 Å². The summed E-state index contributed by atoms with van der Waals surface area (Å²) >= 11 is 1.49. The third kappa shape index (κ3) is 3.69. The fraction of sp³-hybridized carbons (Fsp3) is 0.750. The molecule has 13 heavy (non-hydrogen) atoms. The third-order valence-electron chi connectivity index (χ3n) is 1.87. The van der Waals surface area contributed by atoms with E-state index in [9.17, 15) is 0 Å². The first-order chi connectivity index (χ1) is 6.14. The molecule has 1 rings (SSSR count). The van der Waals surface area contributed by atoms with Gasteiger partial charge in [0.15, 0.2) is 0 Å². The predicted octanol–water partition coefficient (Wildman–Crippen LogP) is 1.36. The fourth-order valence-electron chi connectivity index (χ4n) is 0.956. The molecule has 0 amide bonds. The molecule has 0 aliphatic rings. The van der Waals surface area contributed by atoms with Crippen molar-refractivity contribution in [3.8, 4) is 0 Å². The Morgan fingerprint density at radius 3 is 2.92 bits per heavy atom. The third-order valence-corrected chi connectivity index (χ3v) is 2.52. The molecule has 0 aliphatic carbocycles. The molecule has 1 heterocycles. The summed E-state index contributed by atoms with van der Waals surface area (Å²) in [6.45, 7) is 5.25. The van der Waals surface area contributed by atoms with Crippen molar-refractivity contribution in [2.75, 3.05) is 18.5 Å². The van der Waals surface area contributed by atoms with Crippen molar-refractivity contribution in [3.63, 3.8) is 0 Å². The van der Waals surface area contributed by atoms with Gasteiger partial charge in [0.1, 0.15) is 5.51 Å². The number of aromatic nitrogens is 2. The second kappa shape index (κ2) is 4.53. The number of hydrogen-bond donors (Lipinski definition) is 2. The topological polar surface area (TPSA) is 58.0 Å². The van der Waals surface area contributed by atoms with Gasteiger partial charge in [0.2, 0.25) is 5.13 Å². The summed E-state index contributed by atoms with van der Waals surface area (Å²) in [5.41, 5.74) is 1.79. The minimum atomic E-state index is 0.0976. The van der Waals surface area contributed by atoms with Crippen LogP contribution in [0.25, 0.3) is 0 Å². The highest BCUT2D eigenvalue weighted by molar-refractivity contribution is 7.13. The van der Waals surface area contributed by atoms with E-state index in [0.717, 1.165) is 18.1 Å². The normalized spacial score (nSPS) is 11.6. The van der Waals surface area contributed by atoms with E-state index in [-0.39, 0.29) is 12.0 Å². The molecule has 0 spiro atoms. The molecule has 0 atom stereocenters. The van der Waals surface area contributed by atoms with Gasteiger partial charge in [0, 0.05) is 13.2 Å². The summed E-state index contributed by atoms with van der Waals surface area (Å²) in [7, 11) is 0. The van der Waals surface area contributed by atoms with Crippen LogP contribution in [0.1, 0.15) is 20.3 Å². The van der Waals surface area contributed by atoms with Crippen molar-refractivity contribution in [2.24, 2.45) is 5.41 Å². The van der Waals surface area contributed by atoms with Crippen LogP contribution in [-0.2, 0) is 0 Å². The van der Waals surface area contributed by atoms with Gasteiger partial charge in [-0.2, -0.15) is 0 Å². The average molecular weight is 201 g/mol. The van der Waals surface area contributed by atoms with Gasteiger partial charge in [-0.1, -0.05) is 25.2 Å². The average Bonchev–Trinajstić information content (AvgIpc) is 2.52. The van der Waals surface area contributed by atoms with Crippen LogP contribution in [-0.4, -0.2) is 28.5 Å². The van der Waals surface area contributed by atoms with Crippen LogP contribution >= 0.6 is 11.3 Å². The van der Waals surface area contributed by atoms with Crippen LogP contribution in [0.3, 0.4) is 0 Å². The van der Waals surface area contributed by atoms with Gasteiger partial charge in [-0.05, 0) is 11.8 Å². The number of aliphatic hydroxyl groups is 1. The van der Waals surface area contributed by atoms with E-state index in [1.54, 1.807) is 5.51 Å². The maximum atomic E-state index is 8.81. The number of anilines is 1. The fourth-order valence-corrected chi connectivity index (χ4v) is 1.40. The SMILES string of the molecule is CC(C)(CCO)CNc1nncs1. The monoisotopic (exact) mass is 201 g/mol. The number of nitrogens with one attached hydrogen (secondary N) is 1. The van der Waals surface area contributed by atoms with Gasteiger partial charge < -0.3 is 10.4 Å². The van der Waals surface area contributed by atoms with E-state index in [2.05, 4.69) is 29.4 Å². The van der Waals surface area contributed by atoms with Gasteiger partial charge in [0.05, 0.1) is 0 Å². The van der Waals surface area contributed by atoms with E-state index in [0.29, 0.717) is 0 Å². The largest absolute Gasteiger partial charge is 0.396 e. The Hall–Kier alpha value is -0.680. The van der Waals surface area contributed by atoms with Gasteiger partial charge in [-0.25, -0.2) is 0 Å². The van der Waals surface area contributed by atoms with Crippen LogP contribution in [0, 0.1) is 5.41 Å². The molecule has 4 nitrogen and oxygen atoms in total. The number of rotatable bonds is 5. The van der Waals surface area contributed by atoms with Crippen LogP contribution in [0.5, 0.6) is 0 Å². The van der Waals surface area contributed by atoms with Gasteiger partial charge in [-0.15, -0.1) is 10.2 Å². The maximum Gasteiger partial charge on any atom is 0.205 e. The zero-order valence-corrected chi connectivity index (χ0v) is 8.77. The second-order valence-corrected chi connectivity index (χ2v) is 4.57. The zero-order chi connectivity index (χ0) is 9.73. The molecule has 5 heteroatoms. The molecule has 2 N–H and O–H groups in total. The lowest BCUT2D eigenvalue weighted by molar-refractivity contribution is 0.220. The summed E-state index contributed by atoms with van der Waals surface area (Å²) in [6, 6.07) is 0. The molecule has 0 aliphatic heterocycles. The van der Waals surface area contributed by atoms with E-state index >= 15 is 0 Å². The standard InChI is InChI=1S/C8H15N3OS/c1-8(2,3-4-12)5-9-7-11-10-6-13-7/h6,12H,3-5H2,1-2H3,(H,9,11). The predicted molar refractivity (Wildman–Crippen MR) is 53.9 cm³/mol. The van der Waals surface area contributed by atoms with E-state index in [4.69, 9.17) is 5.11 Å². The molecule has 74 valence electrons. The van der Waals surface area contributed by atoms with Crippen LogP contribution < -0.4 is 5.32 Å². The van der Waals surface area contributed by atoms with Crippen molar-refractivity contribution < 1.29 is 5.11 Å². The molecule has 0 bridgehead atoms. The van der Waals surface area contributed by atoms with Crippen molar-refractivity contribution in [1.29, 1.82) is 0 Å². The quantitative estimate of drug-likeness (QED) is 0.755. The highest BCUT2D eigenvalue weighted by Gasteiger charge is 2.16. The highest BCUT2D eigenvalue weighted by atomic mass is 32.1. The van der Waals surface area contributed by atoms with E-state index in [1.807, 2.05) is 0 Å². The Labute approximate surface area is 82.0 Å². The first-order valence-corrected chi connectivity index (χ1v) is 5.13. The molecule has 0 radical (unpaired) electrons. The maximum absolute atomic E-state index is 8.81. The van der Waals surface area contributed by atoms with Crippen molar-refractivity contribution in [1.82, 2.24) is 10.2 Å². The Bertz CT molecular complexity index is 236. The molecule has 0 fully saturated rings. The zero-order valence-electron chi connectivity index (χ0n) is 7.95. The molecule has 0 unspecified atom stereocenters. The molecule has 0 saturated heterocycles. The highest BCUT2D eigenvalue weighted by Crippen LogP contribution is 2.20. The molecule has 0 saturated carbocycles. The molecular weight excluding hydrogens is 186 g/mol. The van der Waals surface area contributed by atoms with Gasteiger partial charge >= 0.3 is 0 Å². The molecule has 1 aromatic rings. The van der Waals surface area contributed by atoms with Crippen molar-refractivity contribution in [2.45, 2.75) is 20.3 Å². The lowest BCUT2D eigenvalue weighted by atomic mass is 9.90. The Balaban J connectivity index is 2.33. The lowest BCUT2D eigenvalue weighted by Crippen LogP contribution is -2.24. The van der Waals surface area contributed by atoms with Crippen LogP contribution in [0.15, 0.2) is 5.51 Å². The number of aliphatic hydroxyl groups excluding tert-OH is 1. The first-order valence-electron chi connectivity index (χ1n) is 4.25. The smallest absolute Gasteiger partial charge is 0.205 e. The minimum absolute atomic E-state index is 0.0976. The van der Waals surface area contributed by atoms with E-state index < -0.39 is 0 Å². The Morgan fingerprint density at radius 1 is 1.62 bits per heavy atom. The number of nitrogens with zero attached hydrogens (tertiary/aromatic N) is 2.